The molecule has 0 saturated carbocycles. The summed E-state index contributed by atoms with van der Waals surface area (Å²) in [5.74, 6) is 0. The highest BCUT2D eigenvalue weighted by atomic mass is 79.9. The fourth-order valence-corrected chi connectivity index (χ4v) is 2.62. The van der Waals surface area contributed by atoms with Crippen LogP contribution in [0.15, 0.2) is 28.7 Å². The van der Waals surface area contributed by atoms with Crippen LogP contribution in [-0.2, 0) is 0 Å². The number of aliphatic hydroxyl groups excluding tert-OH is 1. The number of rotatable bonds is 3. The van der Waals surface area contributed by atoms with Gasteiger partial charge >= 0.3 is 0 Å². The van der Waals surface area contributed by atoms with Crippen molar-refractivity contribution in [3.8, 4) is 0 Å². The number of halogens is 1. The molecular formula is C14H20BrNO. The van der Waals surface area contributed by atoms with Crippen molar-refractivity contribution in [3.63, 3.8) is 0 Å². The summed E-state index contributed by atoms with van der Waals surface area (Å²) in [6, 6.07) is 7.96. The molecule has 2 rings (SSSR count). The topological polar surface area (TPSA) is 23.5 Å². The van der Waals surface area contributed by atoms with Crippen molar-refractivity contribution in [1.29, 1.82) is 0 Å². The van der Waals surface area contributed by atoms with Crippen LogP contribution < -0.4 is 0 Å². The predicted molar refractivity (Wildman–Crippen MR) is 74.0 cm³/mol. The van der Waals surface area contributed by atoms with Gasteiger partial charge in [-0.05, 0) is 43.6 Å². The molecule has 1 N–H and O–H groups in total. The van der Waals surface area contributed by atoms with Gasteiger partial charge in [-0.15, -0.1) is 0 Å². The number of hydrogen-bond donors (Lipinski definition) is 1. The second kappa shape index (κ2) is 6.53. The van der Waals surface area contributed by atoms with Crippen LogP contribution in [0.4, 0.5) is 0 Å². The maximum Gasteiger partial charge on any atom is 0.0916 e. The molecule has 2 nitrogen and oxygen atoms in total. The molecule has 1 aromatic rings. The van der Waals surface area contributed by atoms with Crippen molar-refractivity contribution in [2.45, 2.75) is 31.8 Å². The summed E-state index contributed by atoms with van der Waals surface area (Å²) >= 11 is 3.41. The molecule has 0 spiro atoms. The van der Waals surface area contributed by atoms with E-state index in [0.29, 0.717) is 0 Å². The molecule has 1 atom stereocenters. The third-order valence-electron chi connectivity index (χ3n) is 3.38. The molecule has 1 saturated heterocycles. The van der Waals surface area contributed by atoms with Crippen LogP contribution in [0.5, 0.6) is 0 Å². The summed E-state index contributed by atoms with van der Waals surface area (Å²) in [6.07, 6.45) is 4.86. The van der Waals surface area contributed by atoms with E-state index in [1.165, 1.54) is 25.7 Å². The lowest BCUT2D eigenvalue weighted by atomic mass is 10.1. The molecule has 94 valence electrons. The monoisotopic (exact) mass is 297 g/mol. The van der Waals surface area contributed by atoms with Gasteiger partial charge in [0.1, 0.15) is 0 Å². The number of hydrogen-bond acceptors (Lipinski definition) is 2. The maximum absolute atomic E-state index is 10.2. The molecule has 17 heavy (non-hydrogen) atoms. The number of β-amino-alcohol motifs (C(OH)–C–C–N with tert-alkyl or cyclic N) is 1. The van der Waals surface area contributed by atoms with Gasteiger partial charge in [-0.25, -0.2) is 0 Å². The second-order valence-electron chi connectivity index (χ2n) is 4.78. The van der Waals surface area contributed by atoms with E-state index in [0.717, 1.165) is 29.7 Å². The third kappa shape index (κ3) is 4.09. The van der Waals surface area contributed by atoms with Crippen LogP contribution in [0, 0.1) is 0 Å². The standard InChI is InChI=1S/C14H20BrNO/c15-13-7-5-12(6-8-13)14(17)11-16-9-3-1-2-4-10-16/h5-8,14,17H,1-4,9-11H2. The SMILES string of the molecule is OC(CN1CCCCCC1)c1ccc(Br)cc1. The Kier molecular flexibility index (Phi) is 5.01. The van der Waals surface area contributed by atoms with Gasteiger partial charge in [0.25, 0.3) is 0 Å². The third-order valence-corrected chi connectivity index (χ3v) is 3.91. The fourth-order valence-electron chi connectivity index (χ4n) is 2.35. The van der Waals surface area contributed by atoms with Gasteiger partial charge in [0.15, 0.2) is 0 Å². The van der Waals surface area contributed by atoms with E-state index in [2.05, 4.69) is 20.8 Å². The van der Waals surface area contributed by atoms with Crippen LogP contribution in [-0.4, -0.2) is 29.6 Å². The van der Waals surface area contributed by atoms with E-state index < -0.39 is 0 Å². The van der Waals surface area contributed by atoms with E-state index in [4.69, 9.17) is 0 Å². The first-order valence-electron chi connectivity index (χ1n) is 6.41. The first-order valence-corrected chi connectivity index (χ1v) is 7.21. The Balaban J connectivity index is 1.91. The number of benzene rings is 1. The summed E-state index contributed by atoms with van der Waals surface area (Å²) in [7, 11) is 0. The zero-order chi connectivity index (χ0) is 12.1. The predicted octanol–water partition coefficient (Wildman–Crippen LogP) is 3.36. The van der Waals surface area contributed by atoms with Crippen molar-refractivity contribution in [1.82, 2.24) is 4.90 Å². The van der Waals surface area contributed by atoms with Crippen LogP contribution in [0.2, 0.25) is 0 Å². The van der Waals surface area contributed by atoms with Crippen LogP contribution in [0.25, 0.3) is 0 Å². The van der Waals surface area contributed by atoms with Crippen molar-refractivity contribution >= 4 is 15.9 Å². The Hall–Kier alpha value is -0.380. The van der Waals surface area contributed by atoms with Crippen LogP contribution in [0.3, 0.4) is 0 Å². The molecule has 1 unspecified atom stereocenters. The van der Waals surface area contributed by atoms with E-state index in [1.54, 1.807) is 0 Å². The summed E-state index contributed by atoms with van der Waals surface area (Å²) in [5, 5.41) is 10.2. The zero-order valence-electron chi connectivity index (χ0n) is 10.1. The van der Waals surface area contributed by atoms with E-state index in [9.17, 15) is 5.11 Å². The largest absolute Gasteiger partial charge is 0.387 e. The van der Waals surface area contributed by atoms with Crippen molar-refractivity contribution < 1.29 is 5.11 Å². The Bertz CT molecular complexity index is 331. The quantitative estimate of drug-likeness (QED) is 0.925. The molecular weight excluding hydrogens is 278 g/mol. The normalized spacial score (nSPS) is 19.9. The summed E-state index contributed by atoms with van der Waals surface area (Å²) in [5.41, 5.74) is 1.01. The molecule has 1 fully saturated rings. The molecule has 0 radical (unpaired) electrons. The fraction of sp³-hybridized carbons (Fsp3) is 0.571. The smallest absolute Gasteiger partial charge is 0.0916 e. The van der Waals surface area contributed by atoms with Gasteiger partial charge in [0.05, 0.1) is 6.10 Å². The second-order valence-corrected chi connectivity index (χ2v) is 5.70. The first-order chi connectivity index (χ1) is 8.25. The lowest BCUT2D eigenvalue weighted by molar-refractivity contribution is 0.115. The molecule has 1 aromatic carbocycles. The molecule has 0 bridgehead atoms. The lowest BCUT2D eigenvalue weighted by Gasteiger charge is -2.23. The molecule has 3 heteroatoms. The van der Waals surface area contributed by atoms with Crippen molar-refractivity contribution in [2.75, 3.05) is 19.6 Å². The Labute approximate surface area is 112 Å². The van der Waals surface area contributed by atoms with Gasteiger partial charge in [0, 0.05) is 11.0 Å². The molecule has 0 aromatic heterocycles. The Morgan fingerprint density at radius 2 is 1.65 bits per heavy atom. The van der Waals surface area contributed by atoms with Gasteiger partial charge in [-0.2, -0.15) is 0 Å². The van der Waals surface area contributed by atoms with Gasteiger partial charge in [-0.3, -0.25) is 0 Å². The first kappa shape index (κ1) is 13.1. The number of likely N-dealkylation sites (tertiary alicyclic amines) is 1. The van der Waals surface area contributed by atoms with Crippen molar-refractivity contribution in [2.24, 2.45) is 0 Å². The van der Waals surface area contributed by atoms with Crippen molar-refractivity contribution in [3.05, 3.63) is 34.3 Å². The molecule has 0 amide bonds. The molecule has 1 heterocycles. The van der Waals surface area contributed by atoms with Crippen LogP contribution in [0.1, 0.15) is 37.4 Å². The average Bonchev–Trinajstić information content (AvgIpc) is 2.58. The van der Waals surface area contributed by atoms with E-state index in [-0.39, 0.29) is 6.10 Å². The highest BCUT2D eigenvalue weighted by Crippen LogP contribution is 2.19. The summed E-state index contributed by atoms with van der Waals surface area (Å²) in [4.78, 5) is 2.39. The minimum atomic E-state index is -0.360. The Morgan fingerprint density at radius 3 is 2.24 bits per heavy atom. The van der Waals surface area contributed by atoms with Gasteiger partial charge in [0.2, 0.25) is 0 Å². The lowest BCUT2D eigenvalue weighted by Crippen LogP contribution is -2.29. The molecule has 1 aliphatic heterocycles. The maximum atomic E-state index is 10.2. The van der Waals surface area contributed by atoms with Crippen LogP contribution >= 0.6 is 15.9 Å². The zero-order valence-corrected chi connectivity index (χ0v) is 11.7. The summed E-state index contributed by atoms with van der Waals surface area (Å²) in [6.45, 7) is 3.03. The summed E-state index contributed by atoms with van der Waals surface area (Å²) < 4.78 is 1.06. The minimum absolute atomic E-state index is 0.360. The van der Waals surface area contributed by atoms with Gasteiger partial charge in [-0.1, -0.05) is 40.9 Å². The Morgan fingerprint density at radius 1 is 1.06 bits per heavy atom. The van der Waals surface area contributed by atoms with E-state index in [1.807, 2.05) is 24.3 Å². The molecule has 0 aliphatic carbocycles. The minimum Gasteiger partial charge on any atom is -0.387 e. The highest BCUT2D eigenvalue weighted by Gasteiger charge is 2.14. The average molecular weight is 298 g/mol. The number of nitrogens with zero attached hydrogens (tertiary/aromatic N) is 1. The van der Waals surface area contributed by atoms with E-state index >= 15 is 0 Å². The molecule has 1 aliphatic rings. The van der Waals surface area contributed by atoms with Gasteiger partial charge < -0.3 is 10.0 Å². The number of aliphatic hydroxyl groups is 1. The highest BCUT2D eigenvalue weighted by molar-refractivity contribution is 9.10.